The van der Waals surface area contributed by atoms with Gasteiger partial charge in [-0.25, -0.2) is 9.78 Å². The zero-order valence-electron chi connectivity index (χ0n) is 11.7. The molecule has 2 rings (SSSR count). The van der Waals surface area contributed by atoms with E-state index < -0.39 is 16.9 Å². The number of carbonyl (C=O) groups is 1. The van der Waals surface area contributed by atoms with Crippen LogP contribution in [0.2, 0.25) is 0 Å². The molecule has 0 bridgehead atoms. The highest BCUT2D eigenvalue weighted by atomic mass is 16.6. The first kappa shape index (κ1) is 15.0. The number of nitro groups is 1. The Balaban J connectivity index is 2.29. The molecular formula is C13H18N4O4. The van der Waals surface area contributed by atoms with Crippen LogP contribution in [0.4, 0.5) is 17.3 Å². The SMILES string of the molecule is CCC1CCN(c2ccc([N+](=O)[O-])c(N)n2)C(C(=O)O)C1. The average Bonchev–Trinajstić information content (AvgIpc) is 2.46. The van der Waals surface area contributed by atoms with Gasteiger partial charge in [-0.2, -0.15) is 0 Å². The van der Waals surface area contributed by atoms with Crippen molar-refractivity contribution in [2.24, 2.45) is 5.92 Å². The number of aliphatic carboxylic acids is 1. The van der Waals surface area contributed by atoms with Gasteiger partial charge in [-0.15, -0.1) is 0 Å². The maximum absolute atomic E-state index is 11.5. The van der Waals surface area contributed by atoms with E-state index in [9.17, 15) is 20.0 Å². The Labute approximate surface area is 121 Å². The molecule has 2 heterocycles. The molecule has 0 saturated carbocycles. The third-order valence-electron chi connectivity index (χ3n) is 3.95. The lowest BCUT2D eigenvalue weighted by Crippen LogP contribution is -2.47. The number of pyridine rings is 1. The van der Waals surface area contributed by atoms with Gasteiger partial charge in [-0.3, -0.25) is 10.1 Å². The molecule has 1 fully saturated rings. The van der Waals surface area contributed by atoms with Crippen molar-refractivity contribution in [2.75, 3.05) is 17.2 Å². The van der Waals surface area contributed by atoms with Crippen molar-refractivity contribution < 1.29 is 14.8 Å². The molecule has 1 aliphatic heterocycles. The van der Waals surface area contributed by atoms with Gasteiger partial charge in [-0.1, -0.05) is 13.3 Å². The van der Waals surface area contributed by atoms with Crippen LogP contribution in [0.15, 0.2) is 12.1 Å². The number of hydrogen-bond donors (Lipinski definition) is 2. The minimum absolute atomic E-state index is 0.195. The summed E-state index contributed by atoms with van der Waals surface area (Å²) in [5, 5.41) is 20.1. The van der Waals surface area contributed by atoms with Crippen molar-refractivity contribution in [1.82, 2.24) is 4.98 Å². The molecule has 2 unspecified atom stereocenters. The van der Waals surface area contributed by atoms with Crippen LogP contribution in [-0.4, -0.2) is 33.6 Å². The molecule has 114 valence electrons. The number of rotatable bonds is 4. The molecule has 8 nitrogen and oxygen atoms in total. The Morgan fingerprint density at radius 1 is 1.62 bits per heavy atom. The minimum atomic E-state index is -0.910. The van der Waals surface area contributed by atoms with Crippen LogP contribution in [0.1, 0.15) is 26.2 Å². The van der Waals surface area contributed by atoms with Crippen LogP contribution in [0.5, 0.6) is 0 Å². The highest BCUT2D eigenvalue weighted by Gasteiger charge is 2.34. The van der Waals surface area contributed by atoms with Crippen molar-refractivity contribution in [3.8, 4) is 0 Å². The number of nitrogens with two attached hydrogens (primary N) is 1. The summed E-state index contributed by atoms with van der Waals surface area (Å²) in [5.41, 5.74) is 5.31. The Morgan fingerprint density at radius 3 is 2.86 bits per heavy atom. The summed E-state index contributed by atoms with van der Waals surface area (Å²) < 4.78 is 0. The summed E-state index contributed by atoms with van der Waals surface area (Å²) in [6, 6.07) is 2.05. The Hall–Kier alpha value is -2.38. The van der Waals surface area contributed by atoms with Crippen molar-refractivity contribution in [3.63, 3.8) is 0 Å². The number of piperidine rings is 1. The highest BCUT2D eigenvalue weighted by Crippen LogP contribution is 2.31. The fourth-order valence-corrected chi connectivity index (χ4v) is 2.69. The molecule has 0 aliphatic carbocycles. The average molecular weight is 294 g/mol. The quantitative estimate of drug-likeness (QED) is 0.639. The molecule has 1 aromatic heterocycles. The first-order valence-corrected chi connectivity index (χ1v) is 6.84. The molecule has 1 aliphatic rings. The largest absolute Gasteiger partial charge is 0.480 e. The third-order valence-corrected chi connectivity index (χ3v) is 3.95. The van der Waals surface area contributed by atoms with Gasteiger partial charge in [-0.05, 0) is 24.8 Å². The van der Waals surface area contributed by atoms with E-state index in [2.05, 4.69) is 4.98 Å². The number of carboxylic acid groups (broad SMARTS) is 1. The van der Waals surface area contributed by atoms with Gasteiger partial charge < -0.3 is 15.7 Å². The molecule has 1 saturated heterocycles. The Kier molecular flexibility index (Phi) is 4.25. The van der Waals surface area contributed by atoms with E-state index in [1.807, 2.05) is 6.92 Å². The highest BCUT2D eigenvalue weighted by molar-refractivity contribution is 5.78. The smallest absolute Gasteiger partial charge is 0.326 e. The fraction of sp³-hybridized carbons (Fsp3) is 0.538. The van der Waals surface area contributed by atoms with Gasteiger partial charge in [0.05, 0.1) is 4.92 Å². The third kappa shape index (κ3) is 3.04. The zero-order valence-corrected chi connectivity index (χ0v) is 11.7. The van der Waals surface area contributed by atoms with E-state index in [4.69, 9.17) is 5.73 Å². The Morgan fingerprint density at radius 2 is 2.33 bits per heavy atom. The van der Waals surface area contributed by atoms with Gasteiger partial charge >= 0.3 is 11.7 Å². The van der Waals surface area contributed by atoms with Gasteiger partial charge in [0.25, 0.3) is 0 Å². The normalized spacial score (nSPS) is 22.0. The van der Waals surface area contributed by atoms with Crippen LogP contribution in [-0.2, 0) is 4.79 Å². The van der Waals surface area contributed by atoms with E-state index in [0.717, 1.165) is 12.8 Å². The van der Waals surface area contributed by atoms with Crippen molar-refractivity contribution >= 4 is 23.3 Å². The molecule has 2 atom stereocenters. The standard InChI is InChI=1S/C13H18N4O4/c1-2-8-5-6-16(10(7-8)13(18)19)11-4-3-9(17(20)21)12(14)15-11/h3-4,8,10H,2,5-7H2,1H3,(H2,14,15)(H,18,19). The molecule has 21 heavy (non-hydrogen) atoms. The van der Waals surface area contributed by atoms with Gasteiger partial charge in [0, 0.05) is 12.6 Å². The topological polar surface area (TPSA) is 123 Å². The lowest BCUT2D eigenvalue weighted by Gasteiger charge is -2.37. The fourth-order valence-electron chi connectivity index (χ4n) is 2.69. The van der Waals surface area contributed by atoms with Gasteiger partial charge in [0.2, 0.25) is 5.82 Å². The molecule has 3 N–H and O–H groups in total. The lowest BCUT2D eigenvalue weighted by atomic mass is 9.89. The minimum Gasteiger partial charge on any atom is -0.480 e. The van der Waals surface area contributed by atoms with Gasteiger partial charge in [0.1, 0.15) is 11.9 Å². The van der Waals surface area contributed by atoms with Crippen LogP contribution in [0.3, 0.4) is 0 Å². The maximum Gasteiger partial charge on any atom is 0.326 e. The summed E-state index contributed by atoms with van der Waals surface area (Å²) in [5.74, 6) is -0.357. The van der Waals surface area contributed by atoms with E-state index in [1.54, 1.807) is 4.90 Å². The van der Waals surface area contributed by atoms with E-state index in [0.29, 0.717) is 24.7 Å². The second-order valence-electron chi connectivity index (χ2n) is 5.18. The Bertz CT molecular complexity index is 563. The molecule has 0 aromatic carbocycles. The second kappa shape index (κ2) is 5.94. The van der Waals surface area contributed by atoms with Crippen molar-refractivity contribution in [1.29, 1.82) is 0 Å². The number of nitrogen functional groups attached to an aromatic ring is 1. The molecule has 8 heteroatoms. The predicted octanol–water partition coefficient (Wildman–Crippen LogP) is 1.65. The lowest BCUT2D eigenvalue weighted by molar-refractivity contribution is -0.384. The zero-order chi connectivity index (χ0) is 15.6. The van der Waals surface area contributed by atoms with Crippen molar-refractivity contribution in [3.05, 3.63) is 22.2 Å². The monoisotopic (exact) mass is 294 g/mol. The van der Waals surface area contributed by atoms with Crippen LogP contribution >= 0.6 is 0 Å². The van der Waals surface area contributed by atoms with E-state index in [-0.39, 0.29) is 11.5 Å². The number of nitrogens with zero attached hydrogens (tertiary/aromatic N) is 3. The summed E-state index contributed by atoms with van der Waals surface area (Å²) in [6.07, 6.45) is 2.36. The molecule has 0 spiro atoms. The number of hydrogen-bond acceptors (Lipinski definition) is 6. The maximum atomic E-state index is 11.5. The number of anilines is 2. The first-order valence-electron chi connectivity index (χ1n) is 6.84. The number of carboxylic acids is 1. The van der Waals surface area contributed by atoms with Crippen LogP contribution in [0, 0.1) is 16.0 Å². The molecule has 0 amide bonds. The van der Waals surface area contributed by atoms with E-state index >= 15 is 0 Å². The summed E-state index contributed by atoms with van der Waals surface area (Å²) in [6.45, 7) is 2.60. The number of aromatic nitrogens is 1. The molecule has 0 radical (unpaired) electrons. The van der Waals surface area contributed by atoms with Crippen LogP contribution < -0.4 is 10.6 Å². The van der Waals surface area contributed by atoms with E-state index in [1.165, 1.54) is 12.1 Å². The predicted molar refractivity (Wildman–Crippen MR) is 77.1 cm³/mol. The molecular weight excluding hydrogens is 276 g/mol. The summed E-state index contributed by atoms with van der Waals surface area (Å²) >= 11 is 0. The summed E-state index contributed by atoms with van der Waals surface area (Å²) in [4.78, 5) is 27.2. The van der Waals surface area contributed by atoms with Crippen LogP contribution in [0.25, 0.3) is 0 Å². The van der Waals surface area contributed by atoms with Crippen molar-refractivity contribution in [2.45, 2.75) is 32.2 Å². The molecule has 1 aromatic rings. The second-order valence-corrected chi connectivity index (χ2v) is 5.18. The van der Waals surface area contributed by atoms with Gasteiger partial charge in [0.15, 0.2) is 0 Å². The summed E-state index contributed by atoms with van der Waals surface area (Å²) in [7, 11) is 0. The first-order chi connectivity index (χ1) is 9.93.